The van der Waals surface area contributed by atoms with E-state index in [1.165, 1.54) is 6.92 Å². The second-order valence-corrected chi connectivity index (χ2v) is 4.71. The third-order valence-corrected chi connectivity index (χ3v) is 2.98. The van der Waals surface area contributed by atoms with Gasteiger partial charge in [0.15, 0.2) is 0 Å². The van der Waals surface area contributed by atoms with Crippen molar-refractivity contribution in [2.45, 2.75) is 38.5 Å². The van der Waals surface area contributed by atoms with Gasteiger partial charge in [0.25, 0.3) is 6.43 Å². The summed E-state index contributed by atoms with van der Waals surface area (Å²) in [7, 11) is 0. The minimum absolute atomic E-state index is 0.121. The molecule has 0 bridgehead atoms. The van der Waals surface area contributed by atoms with Crippen molar-refractivity contribution in [3.8, 4) is 0 Å². The van der Waals surface area contributed by atoms with Crippen molar-refractivity contribution >= 4 is 17.6 Å². The van der Waals surface area contributed by atoms with Gasteiger partial charge in [-0.1, -0.05) is 4.98 Å². The lowest BCUT2D eigenvalue weighted by atomic mass is 10.1. The monoisotopic (exact) mass is 318 g/mol. The molecule has 1 aromatic heterocycles. The summed E-state index contributed by atoms with van der Waals surface area (Å²) >= 11 is 0. The van der Waals surface area contributed by atoms with Crippen LogP contribution in [0.5, 0.6) is 0 Å². The number of carbonyl (C=O) groups is 1. The van der Waals surface area contributed by atoms with E-state index in [4.69, 9.17) is 0 Å². The van der Waals surface area contributed by atoms with E-state index in [2.05, 4.69) is 15.2 Å². The topological polar surface area (TPSA) is 127 Å². The molecule has 0 saturated carbocycles. The van der Waals surface area contributed by atoms with E-state index in [0.717, 1.165) is 11.0 Å². The number of nitro groups is 1. The highest BCUT2D eigenvalue weighted by atomic mass is 19.3. The lowest BCUT2D eigenvalue weighted by Gasteiger charge is -2.29. The highest BCUT2D eigenvalue weighted by Crippen LogP contribution is 2.31. The third-order valence-electron chi connectivity index (χ3n) is 2.98. The lowest BCUT2D eigenvalue weighted by Crippen LogP contribution is -2.51. The van der Waals surface area contributed by atoms with Crippen LogP contribution in [-0.4, -0.2) is 53.6 Å². The zero-order chi connectivity index (χ0) is 16.5. The van der Waals surface area contributed by atoms with Gasteiger partial charge in [-0.3, -0.25) is 4.79 Å². The predicted molar refractivity (Wildman–Crippen MR) is 66.8 cm³/mol. The molecule has 120 valence electrons. The first-order valence-corrected chi connectivity index (χ1v) is 6.15. The van der Waals surface area contributed by atoms with Crippen LogP contribution in [-0.2, 0) is 11.3 Å². The summed E-state index contributed by atoms with van der Waals surface area (Å²) in [6, 6.07) is 0. The molecule has 0 fully saturated rings. The Bertz CT molecular complexity index is 633. The molecule has 1 atom stereocenters. The average molecular weight is 318 g/mol. The summed E-state index contributed by atoms with van der Waals surface area (Å²) in [5, 5.41) is 27.7. The third kappa shape index (κ3) is 2.90. The molecule has 0 spiro atoms. The van der Waals surface area contributed by atoms with Gasteiger partial charge in [0.1, 0.15) is 0 Å². The molecule has 12 heteroatoms. The number of hydrazone groups is 1. The number of alkyl halides is 2. The number of nitrogens with zero attached hydrogens (tertiary/aromatic N) is 6. The van der Waals surface area contributed by atoms with Gasteiger partial charge in [-0.05, 0) is 11.8 Å². The Morgan fingerprint density at radius 3 is 2.86 bits per heavy atom. The second kappa shape index (κ2) is 5.71. The van der Waals surface area contributed by atoms with Gasteiger partial charge in [0.2, 0.25) is 18.0 Å². The number of hydrogen-bond donors (Lipinski definition) is 1. The average Bonchev–Trinajstić information content (AvgIpc) is 3.01. The highest BCUT2D eigenvalue weighted by molar-refractivity contribution is 5.88. The fourth-order valence-corrected chi connectivity index (χ4v) is 1.98. The van der Waals surface area contributed by atoms with Crippen LogP contribution >= 0.6 is 0 Å². The van der Waals surface area contributed by atoms with Crippen molar-refractivity contribution in [3.05, 3.63) is 16.4 Å². The predicted octanol–water partition coefficient (Wildman–Crippen LogP) is 0.138. The Labute approximate surface area is 122 Å². The summed E-state index contributed by atoms with van der Waals surface area (Å²) in [5.74, 6) is -1.48. The number of amides is 1. The van der Waals surface area contributed by atoms with Crippen molar-refractivity contribution in [2.75, 3.05) is 0 Å². The number of hydrogen-bond acceptors (Lipinski definition) is 7. The molecule has 2 heterocycles. The number of aromatic nitrogens is 3. The summed E-state index contributed by atoms with van der Waals surface area (Å²) in [4.78, 5) is 25.0. The van der Waals surface area contributed by atoms with E-state index in [0.29, 0.717) is 5.01 Å². The molecular weight excluding hydrogens is 306 g/mol. The molecule has 2 rings (SSSR count). The van der Waals surface area contributed by atoms with Crippen LogP contribution < -0.4 is 0 Å². The van der Waals surface area contributed by atoms with Crippen molar-refractivity contribution in [1.29, 1.82) is 0 Å². The van der Waals surface area contributed by atoms with E-state index in [-0.39, 0.29) is 18.7 Å². The summed E-state index contributed by atoms with van der Waals surface area (Å²) < 4.78 is 26.9. The quantitative estimate of drug-likeness (QED) is 0.607. The molecule has 1 aliphatic heterocycles. The number of rotatable bonds is 5. The van der Waals surface area contributed by atoms with Crippen molar-refractivity contribution in [3.63, 3.8) is 0 Å². The van der Waals surface area contributed by atoms with Crippen molar-refractivity contribution in [2.24, 2.45) is 5.10 Å². The maximum absolute atomic E-state index is 12.9. The Morgan fingerprint density at radius 1 is 1.64 bits per heavy atom. The van der Waals surface area contributed by atoms with Gasteiger partial charge in [-0.25, -0.2) is 8.78 Å². The van der Waals surface area contributed by atoms with Gasteiger partial charge in [-0.15, -0.1) is 0 Å². The molecule has 10 nitrogen and oxygen atoms in total. The standard InChI is InChI=1S/C10H12F2N6O4/c1-6-4-10(20,8(11)12)17(14-6)7(19)2-3-16-5-13-9(15-16)18(21)22/h5,8,20H,2-4H2,1H3/t10-/m1/s1. The SMILES string of the molecule is CC1=NN(C(=O)CCn2cnc([N+](=O)[O-])n2)[C@](O)(C(F)F)C1. The van der Waals surface area contributed by atoms with Gasteiger partial charge < -0.3 is 15.2 Å². The molecule has 0 radical (unpaired) electrons. The van der Waals surface area contributed by atoms with Crippen LogP contribution in [0, 0.1) is 10.1 Å². The van der Waals surface area contributed by atoms with Crippen molar-refractivity contribution < 1.29 is 23.6 Å². The first-order chi connectivity index (χ1) is 10.2. The minimum Gasteiger partial charge on any atom is -0.390 e. The van der Waals surface area contributed by atoms with Gasteiger partial charge in [0.05, 0.1) is 6.54 Å². The van der Waals surface area contributed by atoms with Crippen LogP contribution in [0.1, 0.15) is 19.8 Å². The van der Waals surface area contributed by atoms with E-state index in [1.54, 1.807) is 0 Å². The maximum atomic E-state index is 12.9. The fraction of sp³-hybridized carbons (Fsp3) is 0.600. The number of aliphatic hydroxyl groups is 1. The zero-order valence-electron chi connectivity index (χ0n) is 11.4. The van der Waals surface area contributed by atoms with E-state index >= 15 is 0 Å². The summed E-state index contributed by atoms with van der Waals surface area (Å²) in [6.45, 7) is 1.30. The minimum atomic E-state index is -3.18. The summed E-state index contributed by atoms with van der Waals surface area (Å²) in [6.07, 6.45) is -2.90. The number of carbonyl (C=O) groups excluding carboxylic acids is 1. The molecule has 1 amide bonds. The molecular formula is C10H12F2N6O4. The van der Waals surface area contributed by atoms with Gasteiger partial charge in [-0.2, -0.15) is 14.8 Å². The van der Waals surface area contributed by atoms with Crippen LogP contribution in [0.3, 0.4) is 0 Å². The van der Waals surface area contributed by atoms with Crippen LogP contribution in [0.25, 0.3) is 0 Å². The molecule has 22 heavy (non-hydrogen) atoms. The molecule has 1 aliphatic rings. The first kappa shape index (κ1) is 15.9. The lowest BCUT2D eigenvalue weighted by molar-refractivity contribution is -0.394. The zero-order valence-corrected chi connectivity index (χ0v) is 11.4. The van der Waals surface area contributed by atoms with Crippen LogP contribution in [0.15, 0.2) is 11.4 Å². The Kier molecular flexibility index (Phi) is 4.12. The van der Waals surface area contributed by atoms with E-state index < -0.39 is 35.4 Å². The van der Waals surface area contributed by atoms with E-state index in [1.807, 2.05) is 0 Å². The highest BCUT2D eigenvalue weighted by Gasteiger charge is 2.50. The van der Waals surface area contributed by atoms with E-state index in [9.17, 15) is 28.8 Å². The largest absolute Gasteiger partial charge is 0.490 e. The second-order valence-electron chi connectivity index (χ2n) is 4.71. The smallest absolute Gasteiger partial charge is 0.390 e. The molecule has 1 aromatic rings. The molecule has 0 saturated heterocycles. The number of aryl methyl sites for hydroxylation is 1. The first-order valence-electron chi connectivity index (χ1n) is 6.15. The van der Waals surface area contributed by atoms with Crippen molar-refractivity contribution in [1.82, 2.24) is 19.8 Å². The molecule has 0 aliphatic carbocycles. The Balaban J connectivity index is 2.03. The normalized spacial score (nSPS) is 21.3. The molecule has 1 N–H and O–H groups in total. The number of halogens is 2. The molecule has 0 aromatic carbocycles. The van der Waals surface area contributed by atoms with Crippen LogP contribution in [0.2, 0.25) is 0 Å². The van der Waals surface area contributed by atoms with Gasteiger partial charge in [0, 0.05) is 23.7 Å². The molecule has 0 unspecified atom stereocenters. The Hall–Kier alpha value is -2.50. The van der Waals surface area contributed by atoms with Crippen LogP contribution in [0.4, 0.5) is 14.7 Å². The Morgan fingerprint density at radius 2 is 2.32 bits per heavy atom. The van der Waals surface area contributed by atoms with Gasteiger partial charge >= 0.3 is 5.95 Å². The fourth-order valence-electron chi connectivity index (χ4n) is 1.98. The summed E-state index contributed by atoms with van der Waals surface area (Å²) in [5.41, 5.74) is -2.46. The maximum Gasteiger partial charge on any atom is 0.490 e.